The number of aromatic nitrogens is 2. The third-order valence-electron chi connectivity index (χ3n) is 2.94. The van der Waals surface area contributed by atoms with E-state index in [0.717, 1.165) is 42.2 Å². The number of hydrogen-bond acceptors (Lipinski definition) is 7. The molecule has 0 saturated heterocycles. The van der Waals surface area contributed by atoms with Crippen molar-refractivity contribution in [2.75, 3.05) is 25.0 Å². The number of anilines is 1. The van der Waals surface area contributed by atoms with Crippen LogP contribution in [0.4, 0.5) is 5.13 Å². The first-order chi connectivity index (χ1) is 10.5. The van der Waals surface area contributed by atoms with Gasteiger partial charge in [-0.15, -0.1) is 11.8 Å². The summed E-state index contributed by atoms with van der Waals surface area (Å²) >= 11 is 3.37. The van der Waals surface area contributed by atoms with Crippen LogP contribution in [0.2, 0.25) is 0 Å². The Balaban J connectivity index is 1.79. The van der Waals surface area contributed by atoms with Gasteiger partial charge in [0.1, 0.15) is 5.76 Å². The summed E-state index contributed by atoms with van der Waals surface area (Å²) in [5.74, 6) is 2.43. The molecule has 2 heterocycles. The maximum atomic E-state index is 5.80. The minimum atomic E-state index is 0.00399. The second-order valence-corrected chi connectivity index (χ2v) is 8.23. The molecule has 2 rings (SSSR count). The molecule has 7 heteroatoms. The van der Waals surface area contributed by atoms with Crippen LogP contribution in [0.5, 0.6) is 0 Å². The lowest BCUT2D eigenvalue weighted by Gasteiger charge is -2.12. The van der Waals surface area contributed by atoms with Crippen molar-refractivity contribution in [3.63, 3.8) is 0 Å². The van der Waals surface area contributed by atoms with Gasteiger partial charge in [-0.25, -0.2) is 9.97 Å². The normalized spacial score (nSPS) is 11.8. The van der Waals surface area contributed by atoms with Gasteiger partial charge >= 0.3 is 0 Å². The Kier molecular flexibility index (Phi) is 6.28. The summed E-state index contributed by atoms with van der Waals surface area (Å²) < 4.78 is 6.96. The molecule has 0 radical (unpaired) electrons. The Morgan fingerprint density at radius 1 is 1.23 bits per heavy atom. The average Bonchev–Trinajstić information content (AvgIpc) is 3.10. The number of rotatable bonds is 8. The van der Waals surface area contributed by atoms with Crippen molar-refractivity contribution in [2.24, 2.45) is 0 Å². The van der Waals surface area contributed by atoms with Crippen LogP contribution in [-0.2, 0) is 11.2 Å². The minimum absolute atomic E-state index is 0.00399. The molecule has 0 spiro atoms. The Labute approximate surface area is 140 Å². The van der Waals surface area contributed by atoms with E-state index in [0.29, 0.717) is 0 Å². The first kappa shape index (κ1) is 17.3. The zero-order chi connectivity index (χ0) is 16.0. The topological polar surface area (TPSA) is 63.0 Å². The maximum Gasteiger partial charge on any atom is 0.204 e. The molecule has 0 amide bonds. The van der Waals surface area contributed by atoms with E-state index in [4.69, 9.17) is 4.42 Å². The van der Waals surface area contributed by atoms with Crippen LogP contribution >= 0.6 is 23.1 Å². The van der Waals surface area contributed by atoms with Gasteiger partial charge in [-0.2, -0.15) is 0 Å². The Bertz CT molecular complexity index is 574. The van der Waals surface area contributed by atoms with Gasteiger partial charge < -0.3 is 15.1 Å². The van der Waals surface area contributed by atoms with Gasteiger partial charge in [0.2, 0.25) is 5.89 Å². The third kappa shape index (κ3) is 5.30. The van der Waals surface area contributed by atoms with E-state index in [1.54, 1.807) is 23.1 Å². The lowest BCUT2D eigenvalue weighted by Crippen LogP contribution is -2.21. The molecule has 0 aliphatic heterocycles. The van der Waals surface area contributed by atoms with Crippen molar-refractivity contribution >= 4 is 28.2 Å². The third-order valence-corrected chi connectivity index (χ3v) is 5.08. The largest absolute Gasteiger partial charge is 0.444 e. The predicted octanol–water partition coefficient (Wildman–Crippen LogP) is 3.74. The molecule has 22 heavy (non-hydrogen) atoms. The molecule has 0 atom stereocenters. The molecule has 0 bridgehead atoms. The maximum absolute atomic E-state index is 5.80. The molecule has 0 saturated carbocycles. The second kappa shape index (κ2) is 7.99. The number of nitrogens with zero attached hydrogens (tertiary/aromatic N) is 2. The number of likely N-dealkylation sites (N-methyl/N-ethyl adjacent to an activating group) is 1. The van der Waals surface area contributed by atoms with E-state index in [1.165, 1.54) is 4.21 Å². The van der Waals surface area contributed by atoms with Crippen molar-refractivity contribution in [3.8, 4) is 0 Å². The number of oxazole rings is 1. The van der Waals surface area contributed by atoms with Crippen LogP contribution in [0.3, 0.4) is 0 Å². The minimum Gasteiger partial charge on any atom is -0.444 e. The first-order valence-electron chi connectivity index (χ1n) is 7.47. The van der Waals surface area contributed by atoms with Crippen LogP contribution in [-0.4, -0.2) is 29.6 Å². The molecule has 0 unspecified atom stereocenters. The van der Waals surface area contributed by atoms with Crippen molar-refractivity contribution in [2.45, 2.75) is 43.1 Å². The summed E-state index contributed by atoms with van der Waals surface area (Å²) in [6, 6.07) is 0. The fourth-order valence-electron chi connectivity index (χ4n) is 1.70. The van der Waals surface area contributed by atoms with Crippen LogP contribution in [0.15, 0.2) is 21.0 Å². The summed E-state index contributed by atoms with van der Waals surface area (Å²) in [5, 5.41) is 7.55. The average molecular weight is 341 g/mol. The molecule has 0 fully saturated rings. The van der Waals surface area contributed by atoms with Gasteiger partial charge in [-0.1, -0.05) is 39.0 Å². The smallest absolute Gasteiger partial charge is 0.204 e. The van der Waals surface area contributed by atoms with Crippen LogP contribution in [0.1, 0.15) is 39.3 Å². The molecule has 0 aliphatic rings. The number of hydrogen-bond donors (Lipinski definition) is 2. The highest BCUT2D eigenvalue weighted by atomic mass is 32.2. The van der Waals surface area contributed by atoms with Gasteiger partial charge in [-0.05, 0) is 6.54 Å². The van der Waals surface area contributed by atoms with Crippen LogP contribution in [0, 0.1) is 0 Å². The summed E-state index contributed by atoms with van der Waals surface area (Å²) in [6.45, 7) is 11.3. The molecule has 0 aliphatic carbocycles. The highest BCUT2D eigenvalue weighted by molar-refractivity contribution is 8.00. The first-order valence-corrected chi connectivity index (χ1v) is 9.27. The summed E-state index contributed by atoms with van der Waals surface area (Å²) in [6.07, 6.45) is 3.73. The van der Waals surface area contributed by atoms with Crippen molar-refractivity contribution in [3.05, 3.63) is 24.0 Å². The fraction of sp³-hybridized carbons (Fsp3) is 0.600. The van der Waals surface area contributed by atoms with E-state index in [-0.39, 0.29) is 5.41 Å². The van der Waals surface area contributed by atoms with Gasteiger partial charge in [0, 0.05) is 18.5 Å². The Hall–Kier alpha value is -1.05. The van der Waals surface area contributed by atoms with Crippen molar-refractivity contribution in [1.82, 2.24) is 15.3 Å². The predicted molar refractivity (Wildman–Crippen MR) is 93.9 cm³/mol. The van der Waals surface area contributed by atoms with E-state index in [2.05, 4.69) is 48.3 Å². The van der Waals surface area contributed by atoms with Gasteiger partial charge in [0.05, 0.1) is 22.4 Å². The Morgan fingerprint density at radius 3 is 2.73 bits per heavy atom. The molecular weight excluding hydrogens is 316 g/mol. The van der Waals surface area contributed by atoms with E-state index < -0.39 is 0 Å². The lowest BCUT2D eigenvalue weighted by atomic mass is 9.94. The molecule has 2 aromatic heterocycles. The molecule has 2 N–H and O–H groups in total. The quantitative estimate of drug-likeness (QED) is 0.564. The second-order valence-electron chi connectivity index (χ2n) is 5.92. The standard InChI is InChI=1S/C15H24N4OS2/c1-5-16-6-7-17-14-19-9-13(22-14)21-10-12-18-8-11(20-12)15(2,3)4/h8-9,16H,5-7,10H2,1-4H3,(H,17,19). The zero-order valence-corrected chi connectivity index (χ0v) is 15.2. The fourth-order valence-corrected chi connectivity index (χ4v) is 3.45. The van der Waals surface area contributed by atoms with E-state index in [1.807, 2.05) is 12.4 Å². The van der Waals surface area contributed by atoms with Gasteiger partial charge in [0.15, 0.2) is 5.13 Å². The Morgan fingerprint density at radius 2 is 2.05 bits per heavy atom. The zero-order valence-electron chi connectivity index (χ0n) is 13.6. The highest BCUT2D eigenvalue weighted by Crippen LogP contribution is 2.31. The monoisotopic (exact) mass is 340 g/mol. The summed E-state index contributed by atoms with van der Waals surface area (Å²) in [5.41, 5.74) is 0.00399. The van der Waals surface area contributed by atoms with E-state index in [9.17, 15) is 0 Å². The van der Waals surface area contributed by atoms with Gasteiger partial charge in [0.25, 0.3) is 0 Å². The number of nitrogens with one attached hydrogen (secondary N) is 2. The lowest BCUT2D eigenvalue weighted by molar-refractivity contribution is 0.391. The molecule has 122 valence electrons. The van der Waals surface area contributed by atoms with Crippen molar-refractivity contribution < 1.29 is 4.42 Å². The summed E-state index contributed by atoms with van der Waals surface area (Å²) in [4.78, 5) is 8.73. The van der Waals surface area contributed by atoms with Gasteiger partial charge in [-0.3, -0.25) is 0 Å². The summed E-state index contributed by atoms with van der Waals surface area (Å²) in [7, 11) is 0. The highest BCUT2D eigenvalue weighted by Gasteiger charge is 2.19. The molecule has 5 nitrogen and oxygen atoms in total. The number of thiazole rings is 1. The van der Waals surface area contributed by atoms with Crippen LogP contribution in [0.25, 0.3) is 0 Å². The van der Waals surface area contributed by atoms with Crippen molar-refractivity contribution in [1.29, 1.82) is 0 Å². The molecule has 2 aromatic rings. The van der Waals surface area contributed by atoms with Crippen LogP contribution < -0.4 is 10.6 Å². The SMILES string of the molecule is CCNCCNc1ncc(SCc2ncc(C(C)(C)C)o2)s1. The van der Waals surface area contributed by atoms with E-state index >= 15 is 0 Å². The molecule has 0 aromatic carbocycles. The number of thioether (sulfide) groups is 1. The molecular formula is C15H24N4OS2.